The summed E-state index contributed by atoms with van der Waals surface area (Å²) in [5.74, 6) is -7.15. The number of benzene rings is 4. The number of hydrogen-bond donors (Lipinski definition) is 15. The molecule has 2 aromatic heterocycles. The SMILES string of the molecule is CSCC[C@H](NC(=O)[C@H](Cc1ccc(O)cc1)NC(=O)[C@H](Cc1c[nH]c2ccccc12)NC(=O)[C@H](CCCCN)NC(=O)[C@H](CS)NC(=O)[C@H](Cc1cnc[nH]1)NC(=O)[C@@H]1CCCN1C(=O)[C@H](Cc1ccccc1)NC(=O)[C@@H](N)Cc1ccc(O)cc1)C(=O)O. The average molecular weight is 1270 g/mol. The zero-order chi connectivity index (χ0) is 64.7. The molecular formula is C63H79N13O12S2. The van der Waals surface area contributed by atoms with Crippen molar-refractivity contribution >= 4 is 88.5 Å². The number of carboxylic acids is 1. The van der Waals surface area contributed by atoms with Gasteiger partial charge in [0.05, 0.1) is 12.4 Å². The van der Waals surface area contributed by atoms with Crippen LogP contribution in [0.5, 0.6) is 11.5 Å². The van der Waals surface area contributed by atoms with E-state index in [1.807, 2.05) is 24.3 Å². The minimum atomic E-state index is -1.42. The Morgan fingerprint density at radius 1 is 0.622 bits per heavy atom. The first kappa shape index (κ1) is 68.6. The molecule has 0 spiro atoms. The molecule has 0 bridgehead atoms. The van der Waals surface area contributed by atoms with E-state index in [0.29, 0.717) is 47.4 Å². The molecule has 90 heavy (non-hydrogen) atoms. The van der Waals surface area contributed by atoms with Crippen LogP contribution in [0, 0.1) is 0 Å². The van der Waals surface area contributed by atoms with Crippen molar-refractivity contribution in [2.24, 2.45) is 11.5 Å². The fourth-order valence-corrected chi connectivity index (χ4v) is 11.2. The largest absolute Gasteiger partial charge is 0.508 e. The first-order chi connectivity index (χ1) is 43.3. The number of nitrogens with two attached hydrogens (primary N) is 2. The molecule has 0 saturated carbocycles. The number of phenolic OH excluding ortho intramolecular Hbond substituents is 2. The maximum atomic E-state index is 14.8. The van der Waals surface area contributed by atoms with Crippen molar-refractivity contribution in [1.82, 2.24) is 57.1 Å². The Balaban J connectivity index is 1.08. The van der Waals surface area contributed by atoms with Crippen LogP contribution in [-0.4, -0.2) is 174 Å². The highest BCUT2D eigenvalue weighted by Gasteiger charge is 2.40. The number of carboxylic acid groups (broad SMARTS) is 1. The highest BCUT2D eigenvalue weighted by molar-refractivity contribution is 7.98. The number of H-pyrrole nitrogens is 2. The number of nitrogens with one attached hydrogen (secondary N) is 9. The predicted molar refractivity (Wildman–Crippen MR) is 342 cm³/mol. The van der Waals surface area contributed by atoms with E-state index >= 15 is 0 Å². The summed E-state index contributed by atoms with van der Waals surface area (Å²) in [5.41, 5.74) is 15.9. The number of aromatic hydroxyl groups is 2. The quantitative estimate of drug-likeness (QED) is 0.0201. The van der Waals surface area contributed by atoms with Crippen LogP contribution in [0.1, 0.15) is 66.5 Å². The minimum Gasteiger partial charge on any atom is -0.508 e. The third-order valence-electron chi connectivity index (χ3n) is 15.4. The Kier molecular flexibility index (Phi) is 26.0. The average Bonchev–Trinajstić information content (AvgIpc) is 2.48. The number of fused-ring (bicyclic) bond motifs is 1. The van der Waals surface area contributed by atoms with Gasteiger partial charge in [-0.3, -0.25) is 38.4 Å². The number of rotatable bonds is 34. The lowest BCUT2D eigenvalue weighted by Gasteiger charge is -2.30. The van der Waals surface area contributed by atoms with Gasteiger partial charge in [-0.2, -0.15) is 24.4 Å². The number of phenols is 2. The number of para-hydroxylation sites is 1. The van der Waals surface area contributed by atoms with Crippen LogP contribution in [0.25, 0.3) is 10.9 Å². The van der Waals surface area contributed by atoms with Gasteiger partial charge in [0.1, 0.15) is 59.8 Å². The van der Waals surface area contributed by atoms with Crippen molar-refractivity contribution in [2.75, 3.05) is 30.9 Å². The van der Waals surface area contributed by atoms with Gasteiger partial charge in [-0.1, -0.05) is 72.8 Å². The van der Waals surface area contributed by atoms with Crippen molar-refractivity contribution in [3.8, 4) is 11.5 Å². The Morgan fingerprint density at radius 2 is 1.17 bits per heavy atom. The van der Waals surface area contributed by atoms with Gasteiger partial charge in [0.25, 0.3) is 0 Å². The van der Waals surface area contributed by atoms with E-state index in [4.69, 9.17) is 11.5 Å². The third kappa shape index (κ3) is 20.0. The van der Waals surface area contributed by atoms with Crippen LogP contribution in [0.3, 0.4) is 0 Å². The molecule has 1 fully saturated rings. The lowest BCUT2D eigenvalue weighted by Crippen LogP contribution is -2.61. The molecule has 480 valence electrons. The van der Waals surface area contributed by atoms with Crippen molar-refractivity contribution < 1.29 is 58.5 Å². The molecule has 7 rings (SSSR count). The molecule has 1 saturated heterocycles. The number of thiol groups is 1. The van der Waals surface area contributed by atoms with Crippen molar-refractivity contribution in [2.45, 2.75) is 125 Å². The number of aliphatic carboxylic acids is 1. The van der Waals surface area contributed by atoms with Crippen molar-refractivity contribution in [3.63, 3.8) is 0 Å². The van der Waals surface area contributed by atoms with E-state index in [0.717, 1.165) is 16.5 Å². The summed E-state index contributed by atoms with van der Waals surface area (Å²) >= 11 is 5.81. The van der Waals surface area contributed by atoms with E-state index in [2.05, 4.69) is 64.8 Å². The molecule has 3 heterocycles. The van der Waals surface area contributed by atoms with Crippen LogP contribution in [0.15, 0.2) is 122 Å². The predicted octanol–water partition coefficient (Wildman–Crippen LogP) is 1.42. The normalized spacial score (nSPS) is 15.6. The van der Waals surface area contributed by atoms with E-state index in [1.165, 1.54) is 53.5 Å². The van der Waals surface area contributed by atoms with Gasteiger partial charge in [-0.05, 0) is 116 Å². The molecule has 4 aromatic carbocycles. The third-order valence-corrected chi connectivity index (χ3v) is 16.4. The first-order valence-corrected chi connectivity index (χ1v) is 31.7. The molecule has 1 aliphatic heterocycles. The summed E-state index contributed by atoms with van der Waals surface area (Å²) in [7, 11) is 0. The van der Waals surface area contributed by atoms with Crippen LogP contribution < -0.4 is 48.7 Å². The Hall–Kier alpha value is -8.92. The van der Waals surface area contributed by atoms with E-state index in [-0.39, 0.29) is 81.7 Å². The summed E-state index contributed by atoms with van der Waals surface area (Å²) in [4.78, 5) is 139. The summed E-state index contributed by atoms with van der Waals surface area (Å²) in [6.07, 6.45) is 7.55. The van der Waals surface area contributed by atoms with Crippen LogP contribution in [-0.2, 0) is 75.3 Å². The fraction of sp³-hybridized carbons (Fsp3) is 0.397. The molecule has 8 amide bonds. The van der Waals surface area contributed by atoms with Gasteiger partial charge >= 0.3 is 5.97 Å². The smallest absolute Gasteiger partial charge is 0.326 e. The number of imidazole rings is 1. The number of aromatic amines is 2. The molecule has 0 aliphatic carbocycles. The molecule has 27 heteroatoms. The van der Waals surface area contributed by atoms with Crippen LogP contribution >= 0.6 is 24.4 Å². The number of aromatic nitrogens is 3. The van der Waals surface area contributed by atoms with Gasteiger partial charge in [-0.25, -0.2) is 9.78 Å². The van der Waals surface area contributed by atoms with Gasteiger partial charge in [-0.15, -0.1) is 0 Å². The number of hydrogen-bond acceptors (Lipinski definition) is 16. The number of carbonyl (C=O) groups excluding carboxylic acids is 8. The van der Waals surface area contributed by atoms with Crippen molar-refractivity contribution in [1.29, 1.82) is 0 Å². The zero-order valence-electron chi connectivity index (χ0n) is 49.8. The Morgan fingerprint density at radius 3 is 1.79 bits per heavy atom. The van der Waals surface area contributed by atoms with Gasteiger partial charge < -0.3 is 78.9 Å². The Bertz CT molecular complexity index is 3380. The highest BCUT2D eigenvalue weighted by atomic mass is 32.2. The van der Waals surface area contributed by atoms with E-state index in [9.17, 15) is 58.5 Å². The molecule has 25 nitrogen and oxygen atoms in total. The maximum Gasteiger partial charge on any atom is 0.326 e. The number of amides is 8. The molecule has 9 atom stereocenters. The lowest BCUT2D eigenvalue weighted by atomic mass is 10.0. The van der Waals surface area contributed by atoms with Gasteiger partial charge in [0.15, 0.2) is 0 Å². The van der Waals surface area contributed by atoms with Crippen LogP contribution in [0.4, 0.5) is 0 Å². The summed E-state index contributed by atoms with van der Waals surface area (Å²) in [5, 5.41) is 49.6. The Labute approximate surface area is 530 Å². The second-order valence-corrected chi connectivity index (χ2v) is 23.4. The van der Waals surface area contributed by atoms with E-state index < -0.39 is 108 Å². The topological polar surface area (TPSA) is 398 Å². The van der Waals surface area contributed by atoms with Gasteiger partial charge in [0.2, 0.25) is 47.3 Å². The number of thioether (sulfide) groups is 1. The lowest BCUT2D eigenvalue weighted by molar-refractivity contribution is -0.142. The molecular weight excluding hydrogens is 1190 g/mol. The summed E-state index contributed by atoms with van der Waals surface area (Å²) in [6, 6.07) is 16.8. The number of nitrogens with zero attached hydrogens (tertiary/aromatic N) is 2. The molecule has 0 unspecified atom stereocenters. The fourth-order valence-electron chi connectivity index (χ4n) is 10.5. The molecule has 0 radical (unpaired) electrons. The summed E-state index contributed by atoms with van der Waals surface area (Å²) < 4.78 is 0. The van der Waals surface area contributed by atoms with Crippen molar-refractivity contribution in [3.05, 3.63) is 150 Å². The molecule has 16 N–H and O–H groups in total. The number of carbonyl (C=O) groups is 9. The summed E-state index contributed by atoms with van der Waals surface area (Å²) in [6.45, 7) is 0.393. The minimum absolute atomic E-state index is 0.0134. The van der Waals surface area contributed by atoms with Crippen LogP contribution in [0.2, 0.25) is 0 Å². The molecule has 1 aliphatic rings. The maximum absolute atomic E-state index is 14.8. The number of unbranched alkanes of at least 4 members (excludes halogenated alkanes) is 1. The monoisotopic (exact) mass is 1270 g/mol. The standard InChI is InChI=1S/C63H79N13O12S2/c1-90-27-24-48(63(87)88)70-57(81)49(29-39-18-22-43(78)23-19-39)71-58(82)50(31-40-33-67-46-13-6-5-12-44(40)46)72-56(80)47(14-7-8-25-64)69-60(84)53(35-89)75-59(83)51(32-41-34-66-36-68-41)73-61(85)54-15-9-26-76(54)62(86)52(30-37-10-3-2-4-11-37)74-55(79)45(65)28-38-16-20-42(77)21-17-38/h2-6,10-13,16-23,33-34,36,45,47-54,67,77-78,89H,7-9,14-15,24-32,35,64-65H2,1H3,(H,66,68)(H,69,84)(H,70,81)(H,71,82)(H,72,80)(H,73,85)(H,74,79)(H,75,83)(H,87,88)/t45-,47-,48-,49-,50-,51-,52-,53-,54-/m0/s1. The first-order valence-electron chi connectivity index (χ1n) is 29.7. The zero-order valence-corrected chi connectivity index (χ0v) is 51.5. The van der Waals surface area contributed by atoms with Gasteiger partial charge in [0, 0.05) is 67.0 Å². The molecule has 6 aromatic rings. The highest BCUT2D eigenvalue weighted by Crippen LogP contribution is 2.23. The second kappa shape index (κ2) is 34.2. The second-order valence-electron chi connectivity index (χ2n) is 22.1. The van der Waals surface area contributed by atoms with E-state index in [1.54, 1.807) is 67.0 Å². The number of likely N-dealkylation sites (tertiary alicyclic amines) is 1.